The first-order valence-electron chi connectivity index (χ1n) is 3.88. The number of aliphatic carboxylic acids is 1. The largest absolute Gasteiger partial charge is 0.480 e. The number of sulfone groups is 1. The fourth-order valence-electron chi connectivity index (χ4n) is 1.12. The van der Waals surface area contributed by atoms with Crippen LogP contribution >= 0.6 is 0 Å². The van der Waals surface area contributed by atoms with E-state index in [4.69, 9.17) is 10.8 Å². The molecular weight excluding hydrogens is 194 g/mol. The van der Waals surface area contributed by atoms with Gasteiger partial charge in [-0.25, -0.2) is 8.42 Å². The van der Waals surface area contributed by atoms with E-state index in [1.165, 1.54) is 0 Å². The van der Waals surface area contributed by atoms with E-state index in [9.17, 15) is 13.2 Å². The Bertz CT molecular complexity index is 272. The van der Waals surface area contributed by atoms with E-state index in [0.29, 0.717) is 0 Å². The molecule has 2 atom stereocenters. The third kappa shape index (κ3) is 6.53. The normalized spacial score (nSPS) is 16.5. The number of rotatable bonds is 5. The van der Waals surface area contributed by atoms with Crippen molar-refractivity contribution in [1.82, 2.24) is 0 Å². The van der Waals surface area contributed by atoms with Gasteiger partial charge in [0.05, 0.1) is 5.75 Å². The molecule has 0 rings (SSSR count). The fourth-order valence-corrected chi connectivity index (χ4v) is 2.29. The van der Waals surface area contributed by atoms with Crippen LogP contribution in [0.3, 0.4) is 0 Å². The van der Waals surface area contributed by atoms with Crippen LogP contribution < -0.4 is 5.73 Å². The molecule has 0 amide bonds. The lowest BCUT2D eigenvalue weighted by atomic mass is 10.0. The van der Waals surface area contributed by atoms with Crippen LogP contribution in [0.5, 0.6) is 0 Å². The minimum atomic E-state index is -3.04. The lowest BCUT2D eigenvalue weighted by Crippen LogP contribution is -2.33. The van der Waals surface area contributed by atoms with Gasteiger partial charge in [-0.2, -0.15) is 0 Å². The molecule has 0 aliphatic carbocycles. The highest BCUT2D eigenvalue weighted by Gasteiger charge is 2.18. The zero-order chi connectivity index (χ0) is 10.6. The van der Waals surface area contributed by atoms with E-state index < -0.39 is 21.8 Å². The zero-order valence-corrected chi connectivity index (χ0v) is 8.54. The van der Waals surface area contributed by atoms with Crippen LogP contribution in [-0.4, -0.2) is 37.5 Å². The van der Waals surface area contributed by atoms with E-state index in [0.717, 1.165) is 6.26 Å². The van der Waals surface area contributed by atoms with Crippen LogP contribution in [0.2, 0.25) is 0 Å². The van der Waals surface area contributed by atoms with Gasteiger partial charge in [0.25, 0.3) is 0 Å². The molecule has 0 bridgehead atoms. The van der Waals surface area contributed by atoms with Crippen LogP contribution in [0.25, 0.3) is 0 Å². The second-order valence-corrected chi connectivity index (χ2v) is 5.56. The van der Waals surface area contributed by atoms with E-state index >= 15 is 0 Å². The van der Waals surface area contributed by atoms with Gasteiger partial charge in [-0.05, 0) is 12.3 Å². The molecule has 0 heterocycles. The third-order valence-corrected chi connectivity index (χ3v) is 2.74. The van der Waals surface area contributed by atoms with Crippen LogP contribution in [-0.2, 0) is 14.6 Å². The summed E-state index contributed by atoms with van der Waals surface area (Å²) in [5, 5.41) is 8.45. The second kappa shape index (κ2) is 4.57. The topological polar surface area (TPSA) is 97.5 Å². The average molecular weight is 209 g/mol. The highest BCUT2D eigenvalue weighted by Crippen LogP contribution is 2.07. The summed E-state index contributed by atoms with van der Waals surface area (Å²) >= 11 is 0. The number of carboxylic acid groups (broad SMARTS) is 1. The average Bonchev–Trinajstić information content (AvgIpc) is 1.81. The van der Waals surface area contributed by atoms with Crippen molar-refractivity contribution in [3.63, 3.8) is 0 Å². The Morgan fingerprint density at radius 3 is 2.31 bits per heavy atom. The van der Waals surface area contributed by atoms with Gasteiger partial charge in [-0.1, -0.05) is 6.92 Å². The van der Waals surface area contributed by atoms with Crippen molar-refractivity contribution in [3.8, 4) is 0 Å². The maximum atomic E-state index is 10.8. The standard InChI is InChI=1S/C7H15NO4S/c1-5(4-13(2,11)12)3-6(8)7(9)10/h5-6H,3-4,8H2,1-2H3,(H,9,10)/t5?,6-/m1/s1. The van der Waals surface area contributed by atoms with Crippen molar-refractivity contribution >= 4 is 15.8 Å². The van der Waals surface area contributed by atoms with Gasteiger partial charge in [0.1, 0.15) is 15.9 Å². The van der Waals surface area contributed by atoms with Gasteiger partial charge in [-0.15, -0.1) is 0 Å². The highest BCUT2D eigenvalue weighted by atomic mass is 32.2. The molecule has 1 unspecified atom stereocenters. The molecule has 0 saturated carbocycles. The maximum Gasteiger partial charge on any atom is 0.320 e. The van der Waals surface area contributed by atoms with Gasteiger partial charge in [-0.3, -0.25) is 4.79 Å². The minimum Gasteiger partial charge on any atom is -0.480 e. The fraction of sp³-hybridized carbons (Fsp3) is 0.857. The van der Waals surface area contributed by atoms with Crippen LogP contribution in [0.4, 0.5) is 0 Å². The summed E-state index contributed by atoms with van der Waals surface area (Å²) < 4.78 is 21.6. The predicted octanol–water partition coefficient (Wildman–Crippen LogP) is -0.531. The van der Waals surface area contributed by atoms with Gasteiger partial charge in [0.15, 0.2) is 0 Å². The summed E-state index contributed by atoms with van der Waals surface area (Å²) in [6.45, 7) is 1.67. The third-order valence-electron chi connectivity index (χ3n) is 1.56. The number of carboxylic acids is 1. The molecule has 0 spiro atoms. The smallest absolute Gasteiger partial charge is 0.320 e. The SMILES string of the molecule is CC(C[C@@H](N)C(=O)O)CS(C)(=O)=O. The molecule has 13 heavy (non-hydrogen) atoms. The molecule has 0 aromatic heterocycles. The molecule has 5 nitrogen and oxygen atoms in total. The molecule has 3 N–H and O–H groups in total. The maximum absolute atomic E-state index is 10.8. The first-order valence-corrected chi connectivity index (χ1v) is 5.94. The summed E-state index contributed by atoms with van der Waals surface area (Å²) in [5.74, 6) is -1.34. The number of carbonyl (C=O) groups is 1. The summed E-state index contributed by atoms with van der Waals surface area (Å²) in [4.78, 5) is 10.3. The Kier molecular flexibility index (Phi) is 4.35. The molecule has 0 fully saturated rings. The first-order chi connectivity index (χ1) is 5.72. The molecule has 78 valence electrons. The van der Waals surface area contributed by atoms with E-state index in [-0.39, 0.29) is 18.1 Å². The van der Waals surface area contributed by atoms with Crippen molar-refractivity contribution in [3.05, 3.63) is 0 Å². The number of hydrogen-bond acceptors (Lipinski definition) is 4. The molecule has 6 heteroatoms. The van der Waals surface area contributed by atoms with Gasteiger partial charge >= 0.3 is 5.97 Å². The molecule has 0 aliphatic heterocycles. The molecule has 0 saturated heterocycles. The van der Waals surface area contributed by atoms with Gasteiger partial charge in [0, 0.05) is 6.26 Å². The molecule has 0 aromatic rings. The number of nitrogens with two attached hydrogens (primary N) is 1. The Hall–Kier alpha value is -0.620. The summed E-state index contributed by atoms with van der Waals surface area (Å²) in [7, 11) is -3.04. The van der Waals surface area contributed by atoms with Crippen molar-refractivity contribution in [2.45, 2.75) is 19.4 Å². The van der Waals surface area contributed by atoms with Crippen LogP contribution in [0.15, 0.2) is 0 Å². The predicted molar refractivity (Wildman–Crippen MR) is 49.1 cm³/mol. The highest BCUT2D eigenvalue weighted by molar-refractivity contribution is 7.90. The summed E-state index contributed by atoms with van der Waals surface area (Å²) in [6.07, 6.45) is 1.30. The number of hydrogen-bond donors (Lipinski definition) is 2. The first kappa shape index (κ1) is 12.4. The lowest BCUT2D eigenvalue weighted by molar-refractivity contribution is -0.138. The Morgan fingerprint density at radius 2 is 2.00 bits per heavy atom. The van der Waals surface area contributed by atoms with E-state index in [1.54, 1.807) is 6.92 Å². The monoisotopic (exact) mass is 209 g/mol. The minimum absolute atomic E-state index is 0.0199. The molecule has 0 radical (unpaired) electrons. The van der Waals surface area contributed by atoms with Crippen molar-refractivity contribution < 1.29 is 18.3 Å². The van der Waals surface area contributed by atoms with Crippen molar-refractivity contribution in [2.24, 2.45) is 11.7 Å². The van der Waals surface area contributed by atoms with Crippen molar-refractivity contribution in [1.29, 1.82) is 0 Å². The second-order valence-electron chi connectivity index (χ2n) is 3.38. The molecule has 0 aromatic carbocycles. The van der Waals surface area contributed by atoms with Crippen molar-refractivity contribution in [2.75, 3.05) is 12.0 Å². The zero-order valence-electron chi connectivity index (χ0n) is 7.73. The Morgan fingerprint density at radius 1 is 1.54 bits per heavy atom. The van der Waals surface area contributed by atoms with Crippen LogP contribution in [0.1, 0.15) is 13.3 Å². The summed E-state index contributed by atoms with van der Waals surface area (Å²) in [5.41, 5.74) is 5.24. The van der Waals surface area contributed by atoms with E-state index in [2.05, 4.69) is 0 Å². The van der Waals surface area contributed by atoms with Crippen LogP contribution in [0, 0.1) is 5.92 Å². The lowest BCUT2D eigenvalue weighted by Gasteiger charge is -2.12. The van der Waals surface area contributed by atoms with Gasteiger partial charge < -0.3 is 10.8 Å². The Labute approximate surface area is 77.8 Å². The Balaban J connectivity index is 4.02. The quantitative estimate of drug-likeness (QED) is 0.634. The van der Waals surface area contributed by atoms with Gasteiger partial charge in [0.2, 0.25) is 0 Å². The molecular formula is C7H15NO4S. The van der Waals surface area contributed by atoms with E-state index in [1.807, 2.05) is 0 Å². The summed E-state index contributed by atoms with van der Waals surface area (Å²) in [6, 6.07) is -0.975. The molecule has 0 aliphatic rings.